The number of halogens is 1. The third kappa shape index (κ3) is 3.37. The van der Waals surface area contributed by atoms with Crippen LogP contribution in [0.15, 0.2) is 30.6 Å². The van der Waals surface area contributed by atoms with E-state index in [2.05, 4.69) is 9.97 Å². The Bertz CT molecular complexity index is 736. The lowest BCUT2D eigenvalue weighted by atomic mass is 10.2. The van der Waals surface area contributed by atoms with E-state index >= 15 is 0 Å². The molecule has 1 aromatic heterocycles. The van der Waals surface area contributed by atoms with Crippen molar-refractivity contribution in [2.45, 2.75) is 6.54 Å². The Morgan fingerprint density at radius 3 is 2.96 bits per heavy atom. The standard InChI is InChI=1S/C16H17ClN4O2/c1-20(2)16(22)13-8-18-9-15(19-13)21-5-6-23-14-4-3-12(17)7-11(14)10-21/h3-4,7-9H,5-6,10H2,1-2H3. The van der Waals surface area contributed by atoms with Gasteiger partial charge in [-0.3, -0.25) is 9.78 Å². The third-order valence-electron chi connectivity index (χ3n) is 3.57. The summed E-state index contributed by atoms with van der Waals surface area (Å²) in [6, 6.07) is 5.57. The molecule has 23 heavy (non-hydrogen) atoms. The zero-order valence-corrected chi connectivity index (χ0v) is 13.7. The molecule has 0 saturated heterocycles. The molecule has 0 unspecified atom stereocenters. The summed E-state index contributed by atoms with van der Waals surface area (Å²) in [5, 5.41) is 0.664. The third-order valence-corrected chi connectivity index (χ3v) is 3.81. The second kappa shape index (κ2) is 6.42. The Balaban J connectivity index is 1.90. The first-order valence-corrected chi connectivity index (χ1v) is 7.62. The van der Waals surface area contributed by atoms with Gasteiger partial charge in [0.05, 0.1) is 18.9 Å². The van der Waals surface area contributed by atoms with Gasteiger partial charge < -0.3 is 14.5 Å². The number of rotatable bonds is 2. The van der Waals surface area contributed by atoms with Crippen molar-refractivity contribution in [3.05, 3.63) is 46.9 Å². The molecule has 0 spiro atoms. The molecule has 120 valence electrons. The number of ether oxygens (including phenoxy) is 1. The highest BCUT2D eigenvalue weighted by Gasteiger charge is 2.19. The van der Waals surface area contributed by atoms with E-state index in [1.54, 1.807) is 20.3 Å². The highest BCUT2D eigenvalue weighted by atomic mass is 35.5. The molecule has 0 fully saturated rings. The molecule has 0 radical (unpaired) electrons. The average molecular weight is 333 g/mol. The van der Waals surface area contributed by atoms with Gasteiger partial charge in [0.15, 0.2) is 0 Å². The van der Waals surface area contributed by atoms with E-state index in [1.165, 1.54) is 11.1 Å². The molecule has 0 aliphatic carbocycles. The Labute approximate surface area is 139 Å². The van der Waals surface area contributed by atoms with E-state index < -0.39 is 0 Å². The first-order valence-electron chi connectivity index (χ1n) is 7.24. The molecule has 0 bridgehead atoms. The number of carbonyl (C=O) groups excluding carboxylic acids is 1. The summed E-state index contributed by atoms with van der Waals surface area (Å²) < 4.78 is 5.75. The van der Waals surface area contributed by atoms with Gasteiger partial charge in [-0.2, -0.15) is 0 Å². The molecule has 1 aliphatic heterocycles. The van der Waals surface area contributed by atoms with Gasteiger partial charge in [-0.05, 0) is 18.2 Å². The first-order chi connectivity index (χ1) is 11.0. The zero-order chi connectivity index (χ0) is 16.4. The summed E-state index contributed by atoms with van der Waals surface area (Å²) in [6.07, 6.45) is 3.13. The molecule has 7 heteroatoms. The van der Waals surface area contributed by atoms with Gasteiger partial charge in [0.1, 0.15) is 23.9 Å². The van der Waals surface area contributed by atoms with Gasteiger partial charge >= 0.3 is 0 Å². The van der Waals surface area contributed by atoms with Crippen LogP contribution in [0.2, 0.25) is 5.02 Å². The number of amides is 1. The van der Waals surface area contributed by atoms with Crippen LogP contribution in [0.4, 0.5) is 5.82 Å². The maximum Gasteiger partial charge on any atom is 0.273 e. The molecule has 0 atom stereocenters. The Kier molecular flexibility index (Phi) is 4.34. The molecular formula is C16H17ClN4O2. The fraction of sp³-hybridized carbons (Fsp3) is 0.312. The maximum atomic E-state index is 12.1. The predicted molar refractivity (Wildman–Crippen MR) is 88.0 cm³/mol. The van der Waals surface area contributed by atoms with Crippen LogP contribution < -0.4 is 9.64 Å². The highest BCUT2D eigenvalue weighted by molar-refractivity contribution is 6.30. The Morgan fingerprint density at radius 2 is 2.17 bits per heavy atom. The van der Waals surface area contributed by atoms with E-state index in [1.807, 2.05) is 23.1 Å². The van der Waals surface area contributed by atoms with Crippen molar-refractivity contribution in [2.75, 3.05) is 32.1 Å². The van der Waals surface area contributed by atoms with Crippen molar-refractivity contribution >= 4 is 23.3 Å². The van der Waals surface area contributed by atoms with Gasteiger partial charge in [-0.25, -0.2) is 4.98 Å². The molecule has 0 N–H and O–H groups in total. The predicted octanol–water partition coefficient (Wildman–Crippen LogP) is 2.23. The number of hydrogen-bond acceptors (Lipinski definition) is 5. The van der Waals surface area contributed by atoms with Crippen molar-refractivity contribution in [1.82, 2.24) is 14.9 Å². The fourth-order valence-corrected chi connectivity index (χ4v) is 2.59. The SMILES string of the molecule is CN(C)C(=O)c1cncc(N2CCOc3ccc(Cl)cc3C2)n1. The zero-order valence-electron chi connectivity index (χ0n) is 13.0. The number of fused-ring (bicyclic) bond motifs is 1. The quantitative estimate of drug-likeness (QED) is 0.844. The van der Waals surface area contributed by atoms with Gasteiger partial charge in [0, 0.05) is 31.2 Å². The molecule has 2 heterocycles. The molecule has 1 aliphatic rings. The lowest BCUT2D eigenvalue weighted by Crippen LogP contribution is -2.28. The number of benzene rings is 1. The van der Waals surface area contributed by atoms with E-state index in [0.717, 1.165) is 11.3 Å². The average Bonchev–Trinajstić information content (AvgIpc) is 2.76. The van der Waals surface area contributed by atoms with Crippen molar-refractivity contribution in [1.29, 1.82) is 0 Å². The molecule has 2 aromatic rings. The molecule has 3 rings (SSSR count). The van der Waals surface area contributed by atoms with Crippen molar-refractivity contribution in [2.24, 2.45) is 0 Å². The fourth-order valence-electron chi connectivity index (χ4n) is 2.40. The summed E-state index contributed by atoms with van der Waals surface area (Å²) >= 11 is 6.07. The van der Waals surface area contributed by atoms with Crippen LogP contribution in [0, 0.1) is 0 Å². The summed E-state index contributed by atoms with van der Waals surface area (Å²) in [5.74, 6) is 1.30. The van der Waals surface area contributed by atoms with Gasteiger partial charge in [0.25, 0.3) is 5.91 Å². The molecule has 0 saturated carbocycles. The number of hydrogen-bond donors (Lipinski definition) is 0. The van der Waals surface area contributed by atoms with Gasteiger partial charge in [0.2, 0.25) is 0 Å². The second-order valence-corrected chi connectivity index (χ2v) is 5.92. The van der Waals surface area contributed by atoms with Crippen LogP contribution in [0.5, 0.6) is 5.75 Å². The van der Waals surface area contributed by atoms with E-state index in [4.69, 9.17) is 16.3 Å². The summed E-state index contributed by atoms with van der Waals surface area (Å²) in [6.45, 7) is 1.78. The minimum atomic E-state index is -0.172. The minimum Gasteiger partial charge on any atom is -0.491 e. The Morgan fingerprint density at radius 1 is 1.35 bits per heavy atom. The normalized spacial score (nSPS) is 13.8. The second-order valence-electron chi connectivity index (χ2n) is 5.48. The minimum absolute atomic E-state index is 0.172. The molecule has 1 aromatic carbocycles. The molecule has 1 amide bonds. The van der Waals surface area contributed by atoms with E-state index in [0.29, 0.717) is 36.2 Å². The van der Waals surface area contributed by atoms with Gasteiger partial charge in [-0.15, -0.1) is 0 Å². The van der Waals surface area contributed by atoms with E-state index in [9.17, 15) is 4.79 Å². The maximum absolute atomic E-state index is 12.1. The summed E-state index contributed by atoms with van der Waals surface area (Å²) in [4.78, 5) is 24.2. The van der Waals surface area contributed by atoms with Crippen molar-refractivity contribution in [3.63, 3.8) is 0 Å². The number of nitrogens with zero attached hydrogens (tertiary/aromatic N) is 4. The summed E-state index contributed by atoms with van der Waals surface area (Å²) in [7, 11) is 3.38. The molecular weight excluding hydrogens is 316 g/mol. The van der Waals surface area contributed by atoms with E-state index in [-0.39, 0.29) is 5.91 Å². The Hall–Kier alpha value is -2.34. The topological polar surface area (TPSA) is 58.6 Å². The number of carbonyl (C=O) groups is 1. The van der Waals surface area contributed by atoms with Crippen molar-refractivity contribution in [3.8, 4) is 5.75 Å². The van der Waals surface area contributed by atoms with Crippen molar-refractivity contribution < 1.29 is 9.53 Å². The number of anilines is 1. The number of aromatic nitrogens is 2. The summed E-state index contributed by atoms with van der Waals surface area (Å²) in [5.41, 5.74) is 1.31. The van der Waals surface area contributed by atoms with Crippen LogP contribution in [-0.4, -0.2) is 48.0 Å². The smallest absolute Gasteiger partial charge is 0.273 e. The van der Waals surface area contributed by atoms with Gasteiger partial charge in [-0.1, -0.05) is 11.6 Å². The monoisotopic (exact) mass is 332 g/mol. The molecule has 6 nitrogen and oxygen atoms in total. The first kappa shape index (κ1) is 15.6. The largest absolute Gasteiger partial charge is 0.491 e. The van der Waals surface area contributed by atoms with Crippen LogP contribution in [0.25, 0.3) is 0 Å². The highest BCUT2D eigenvalue weighted by Crippen LogP contribution is 2.28. The van der Waals surface area contributed by atoms with Crippen LogP contribution >= 0.6 is 11.6 Å². The van der Waals surface area contributed by atoms with Crippen LogP contribution in [-0.2, 0) is 6.54 Å². The van der Waals surface area contributed by atoms with Crippen LogP contribution in [0.1, 0.15) is 16.1 Å². The lowest BCUT2D eigenvalue weighted by molar-refractivity contribution is 0.0821. The van der Waals surface area contributed by atoms with Crippen LogP contribution in [0.3, 0.4) is 0 Å². The lowest BCUT2D eigenvalue weighted by Gasteiger charge is -2.21.